The lowest BCUT2D eigenvalue weighted by molar-refractivity contribution is 0.110. The molecule has 0 aliphatic rings. The molecule has 17 heavy (non-hydrogen) atoms. The first-order valence-electron chi connectivity index (χ1n) is 5.39. The Hall–Kier alpha value is -1.78. The van der Waals surface area contributed by atoms with Crippen molar-refractivity contribution in [2.75, 3.05) is 26.8 Å². The summed E-state index contributed by atoms with van der Waals surface area (Å²) in [5.74, 6) is 0.100. The van der Waals surface area contributed by atoms with Gasteiger partial charge in [0, 0.05) is 13.1 Å². The van der Waals surface area contributed by atoms with Gasteiger partial charge in [0.2, 0.25) is 0 Å². The van der Waals surface area contributed by atoms with Crippen LogP contribution in [-0.4, -0.2) is 37.8 Å². The van der Waals surface area contributed by atoms with Crippen molar-refractivity contribution in [1.29, 1.82) is 0 Å². The molecule has 0 atom stereocenters. The predicted molar refractivity (Wildman–Crippen MR) is 61.5 cm³/mol. The third kappa shape index (κ3) is 4.72. The maximum Gasteiger partial charge on any atom is 0.409 e. The number of halogens is 1. The second-order valence-electron chi connectivity index (χ2n) is 3.43. The molecule has 0 aliphatic carbocycles. The number of nitrogens with zero attached hydrogens (tertiary/aromatic N) is 1. The molecule has 0 unspecified atom stereocenters. The summed E-state index contributed by atoms with van der Waals surface area (Å²) in [6, 6.07) is 5.87. The molecule has 1 amide bonds. The number of rotatable bonds is 5. The third-order valence-electron chi connectivity index (χ3n) is 2.07. The highest BCUT2D eigenvalue weighted by Crippen LogP contribution is 2.11. The van der Waals surface area contributed by atoms with Crippen LogP contribution in [0.5, 0.6) is 5.75 Å². The molecule has 1 aromatic carbocycles. The fourth-order valence-corrected chi connectivity index (χ4v) is 1.18. The monoisotopic (exact) mass is 241 g/mol. The van der Waals surface area contributed by atoms with E-state index in [1.165, 1.54) is 17.0 Å². The van der Waals surface area contributed by atoms with E-state index in [1.807, 2.05) is 0 Å². The van der Waals surface area contributed by atoms with Gasteiger partial charge in [0.05, 0.1) is 13.2 Å². The number of hydrogen-bond donors (Lipinski definition) is 0. The zero-order chi connectivity index (χ0) is 12.7. The second-order valence-corrected chi connectivity index (χ2v) is 3.43. The molecule has 0 saturated carbocycles. The van der Waals surface area contributed by atoms with Gasteiger partial charge in [-0.25, -0.2) is 9.18 Å². The summed E-state index contributed by atoms with van der Waals surface area (Å²) in [5, 5.41) is 0. The molecule has 0 bridgehead atoms. The molecule has 0 N–H and O–H groups in total. The molecule has 0 heterocycles. The minimum Gasteiger partial charge on any atom is -0.492 e. The molecular formula is C12H16FNO3. The Labute approximate surface area is 99.9 Å². The van der Waals surface area contributed by atoms with Crippen LogP contribution in [0.4, 0.5) is 9.18 Å². The van der Waals surface area contributed by atoms with Gasteiger partial charge in [-0.05, 0) is 19.1 Å². The Morgan fingerprint density at radius 1 is 1.47 bits per heavy atom. The van der Waals surface area contributed by atoms with Crippen molar-refractivity contribution >= 4 is 6.09 Å². The van der Waals surface area contributed by atoms with Crippen molar-refractivity contribution in [3.8, 4) is 5.75 Å². The fourth-order valence-electron chi connectivity index (χ4n) is 1.18. The fraction of sp³-hybridized carbons (Fsp3) is 0.417. The first-order valence-corrected chi connectivity index (χ1v) is 5.39. The second kappa shape index (κ2) is 6.73. The zero-order valence-electron chi connectivity index (χ0n) is 9.98. The lowest BCUT2D eigenvalue weighted by Crippen LogP contribution is -2.31. The van der Waals surface area contributed by atoms with Gasteiger partial charge in [0.1, 0.15) is 18.2 Å². The average molecular weight is 241 g/mol. The normalized spacial score (nSPS) is 9.82. The van der Waals surface area contributed by atoms with Crippen molar-refractivity contribution < 1.29 is 18.7 Å². The molecule has 0 radical (unpaired) electrons. The number of amides is 1. The molecule has 1 aromatic rings. The van der Waals surface area contributed by atoms with Crippen LogP contribution < -0.4 is 4.74 Å². The lowest BCUT2D eigenvalue weighted by Gasteiger charge is -2.16. The van der Waals surface area contributed by atoms with E-state index in [9.17, 15) is 9.18 Å². The van der Waals surface area contributed by atoms with Crippen molar-refractivity contribution in [3.63, 3.8) is 0 Å². The number of ether oxygens (including phenoxy) is 2. The van der Waals surface area contributed by atoms with Crippen LogP contribution >= 0.6 is 0 Å². The van der Waals surface area contributed by atoms with E-state index in [1.54, 1.807) is 26.1 Å². The lowest BCUT2D eigenvalue weighted by atomic mass is 10.3. The van der Waals surface area contributed by atoms with Gasteiger partial charge in [0.25, 0.3) is 0 Å². The maximum absolute atomic E-state index is 12.8. The predicted octanol–water partition coefficient (Wildman–Crippen LogP) is 2.29. The van der Waals surface area contributed by atoms with Crippen LogP contribution in [0.2, 0.25) is 0 Å². The average Bonchev–Trinajstić information content (AvgIpc) is 2.29. The van der Waals surface area contributed by atoms with Crippen LogP contribution in [0.1, 0.15) is 6.92 Å². The highest BCUT2D eigenvalue weighted by molar-refractivity contribution is 5.67. The van der Waals surface area contributed by atoms with E-state index in [0.29, 0.717) is 25.5 Å². The molecule has 0 aliphatic heterocycles. The number of hydrogen-bond acceptors (Lipinski definition) is 3. The first kappa shape index (κ1) is 13.3. The molecule has 0 spiro atoms. The van der Waals surface area contributed by atoms with Crippen LogP contribution in [0.15, 0.2) is 24.3 Å². The van der Waals surface area contributed by atoms with E-state index >= 15 is 0 Å². The Morgan fingerprint density at radius 2 is 2.24 bits per heavy atom. The molecule has 4 nitrogen and oxygen atoms in total. The molecule has 94 valence electrons. The van der Waals surface area contributed by atoms with Crippen LogP contribution in [-0.2, 0) is 4.74 Å². The smallest absolute Gasteiger partial charge is 0.409 e. The zero-order valence-corrected chi connectivity index (χ0v) is 9.98. The van der Waals surface area contributed by atoms with Gasteiger partial charge in [-0.2, -0.15) is 0 Å². The van der Waals surface area contributed by atoms with E-state index in [4.69, 9.17) is 9.47 Å². The third-order valence-corrected chi connectivity index (χ3v) is 2.07. The Morgan fingerprint density at radius 3 is 2.88 bits per heavy atom. The van der Waals surface area contributed by atoms with E-state index in [0.717, 1.165) is 0 Å². The van der Waals surface area contributed by atoms with Crippen LogP contribution in [0, 0.1) is 5.82 Å². The van der Waals surface area contributed by atoms with Gasteiger partial charge in [-0.1, -0.05) is 6.07 Å². The highest BCUT2D eigenvalue weighted by atomic mass is 19.1. The summed E-state index contributed by atoms with van der Waals surface area (Å²) >= 11 is 0. The molecule has 0 fully saturated rings. The van der Waals surface area contributed by atoms with Gasteiger partial charge in [-0.15, -0.1) is 0 Å². The Balaban J connectivity index is 2.30. The number of carbonyl (C=O) groups is 1. The first-order chi connectivity index (χ1) is 8.13. The van der Waals surface area contributed by atoms with Crippen molar-refractivity contribution in [2.45, 2.75) is 6.92 Å². The SMILES string of the molecule is CCOC(=O)N(C)CCOc1cccc(F)c1. The molecule has 0 aromatic heterocycles. The van der Waals surface area contributed by atoms with Crippen molar-refractivity contribution in [2.24, 2.45) is 0 Å². The molecular weight excluding hydrogens is 225 g/mol. The molecule has 1 rings (SSSR count). The minimum atomic E-state index is -0.393. The quantitative estimate of drug-likeness (QED) is 0.794. The largest absolute Gasteiger partial charge is 0.492 e. The van der Waals surface area contributed by atoms with Crippen molar-refractivity contribution in [3.05, 3.63) is 30.1 Å². The minimum absolute atomic E-state index is 0.290. The Kier molecular flexibility index (Phi) is 5.26. The number of benzene rings is 1. The van der Waals surface area contributed by atoms with Gasteiger partial charge >= 0.3 is 6.09 Å². The maximum atomic E-state index is 12.8. The highest BCUT2D eigenvalue weighted by Gasteiger charge is 2.08. The topological polar surface area (TPSA) is 38.8 Å². The molecule has 5 heteroatoms. The standard InChI is InChI=1S/C12H16FNO3/c1-3-16-12(15)14(2)7-8-17-11-6-4-5-10(13)9-11/h4-6,9H,3,7-8H2,1-2H3. The number of carbonyl (C=O) groups excluding carboxylic acids is 1. The summed E-state index contributed by atoms with van der Waals surface area (Å²) in [6.07, 6.45) is -0.393. The van der Waals surface area contributed by atoms with Crippen molar-refractivity contribution in [1.82, 2.24) is 4.90 Å². The summed E-state index contributed by atoms with van der Waals surface area (Å²) in [4.78, 5) is 12.6. The summed E-state index contributed by atoms with van der Waals surface area (Å²) in [6.45, 7) is 2.76. The summed E-state index contributed by atoms with van der Waals surface area (Å²) in [7, 11) is 1.62. The van der Waals surface area contributed by atoms with E-state index < -0.39 is 6.09 Å². The van der Waals surface area contributed by atoms with E-state index in [-0.39, 0.29) is 5.82 Å². The van der Waals surface area contributed by atoms with Gasteiger partial charge < -0.3 is 14.4 Å². The van der Waals surface area contributed by atoms with Crippen LogP contribution in [0.3, 0.4) is 0 Å². The molecule has 0 saturated heterocycles. The van der Waals surface area contributed by atoms with Gasteiger partial charge in [-0.3, -0.25) is 0 Å². The van der Waals surface area contributed by atoms with Gasteiger partial charge in [0.15, 0.2) is 0 Å². The van der Waals surface area contributed by atoms with E-state index in [2.05, 4.69) is 0 Å². The summed E-state index contributed by atoms with van der Waals surface area (Å²) in [5.41, 5.74) is 0. The Bertz CT molecular complexity index is 371. The number of likely N-dealkylation sites (N-methyl/N-ethyl adjacent to an activating group) is 1. The van der Waals surface area contributed by atoms with Crippen LogP contribution in [0.25, 0.3) is 0 Å². The summed E-state index contributed by atoms with van der Waals surface area (Å²) < 4.78 is 22.9.